The molecule has 0 bridgehead atoms. The van der Waals surface area contributed by atoms with Gasteiger partial charge in [0.15, 0.2) is 0 Å². The molecule has 2 aliphatic heterocycles. The molecule has 1 amide bonds. The number of carbonyl (C=O) groups excluding carboxylic acids is 1. The van der Waals surface area contributed by atoms with Gasteiger partial charge in [0.1, 0.15) is 22.6 Å². The van der Waals surface area contributed by atoms with Gasteiger partial charge in [0.25, 0.3) is 5.91 Å². The van der Waals surface area contributed by atoms with E-state index in [2.05, 4.69) is 11.4 Å². The molecule has 2 aliphatic rings. The summed E-state index contributed by atoms with van der Waals surface area (Å²) < 4.78 is 7.40. The van der Waals surface area contributed by atoms with E-state index in [1.807, 2.05) is 59.3 Å². The Hall–Kier alpha value is -3.71. The Morgan fingerprint density at radius 3 is 2.61 bits per heavy atom. The molecule has 4 aromatic rings. The van der Waals surface area contributed by atoms with Gasteiger partial charge < -0.3 is 15.8 Å². The number of rotatable bonds is 3. The van der Waals surface area contributed by atoms with Crippen molar-refractivity contribution in [2.75, 3.05) is 25.1 Å². The maximum Gasteiger partial charge on any atom is 0.254 e. The van der Waals surface area contributed by atoms with Crippen molar-refractivity contribution in [3.8, 4) is 22.5 Å². The molecule has 1 spiro atoms. The van der Waals surface area contributed by atoms with E-state index < -0.39 is 5.91 Å². The zero-order valence-electron chi connectivity index (χ0n) is 16.8. The summed E-state index contributed by atoms with van der Waals surface area (Å²) in [6.07, 6.45) is 0.902. The molecule has 0 radical (unpaired) electrons. The van der Waals surface area contributed by atoms with Crippen LogP contribution in [0.3, 0.4) is 0 Å². The minimum absolute atomic E-state index is 0.196. The second-order valence-electron chi connectivity index (χ2n) is 8.21. The number of nitrogens with two attached hydrogens (primary N) is 1. The number of pyridine rings is 1. The Balaban J connectivity index is 1.51. The van der Waals surface area contributed by atoms with Gasteiger partial charge in [-0.1, -0.05) is 48.5 Å². The minimum Gasteiger partial charge on any atom is -0.376 e. The molecule has 2 aromatic heterocycles. The summed E-state index contributed by atoms with van der Waals surface area (Å²) in [5.41, 5.74) is 10.2. The number of fused-ring (bicyclic) bond motifs is 3. The fourth-order valence-corrected chi connectivity index (χ4v) is 4.52. The van der Waals surface area contributed by atoms with Crippen LogP contribution in [0.5, 0.6) is 0 Å². The zero-order chi connectivity index (χ0) is 21.0. The van der Waals surface area contributed by atoms with Gasteiger partial charge in [-0.3, -0.25) is 4.79 Å². The largest absolute Gasteiger partial charge is 0.376 e. The van der Waals surface area contributed by atoms with Crippen molar-refractivity contribution >= 4 is 22.6 Å². The number of hydrogen-bond donors (Lipinski definition) is 2. The molecule has 1 saturated heterocycles. The van der Waals surface area contributed by atoms with Crippen molar-refractivity contribution in [3.05, 3.63) is 66.2 Å². The summed E-state index contributed by atoms with van der Waals surface area (Å²) in [7, 11) is 0. The Bertz CT molecular complexity index is 1320. The first-order chi connectivity index (χ1) is 15.1. The van der Waals surface area contributed by atoms with Crippen LogP contribution in [-0.4, -0.2) is 40.4 Å². The van der Waals surface area contributed by atoms with E-state index in [4.69, 9.17) is 20.6 Å². The molecular weight excluding hydrogens is 390 g/mol. The molecule has 0 aliphatic carbocycles. The van der Waals surface area contributed by atoms with Crippen molar-refractivity contribution in [2.45, 2.75) is 12.0 Å². The summed E-state index contributed by atoms with van der Waals surface area (Å²) >= 11 is 0. The summed E-state index contributed by atoms with van der Waals surface area (Å²) in [6.45, 7) is 1.95. The Labute approximate surface area is 178 Å². The third-order valence-electron chi connectivity index (χ3n) is 6.24. The molecule has 31 heavy (non-hydrogen) atoms. The van der Waals surface area contributed by atoms with Crippen LogP contribution in [0.15, 0.2) is 60.7 Å². The normalized spacial score (nSPS) is 16.5. The number of ether oxygens (including phenoxy) is 1. The number of primary amides is 1. The lowest BCUT2D eigenvalue weighted by atomic mass is 9.91. The van der Waals surface area contributed by atoms with Gasteiger partial charge in [-0.05, 0) is 18.6 Å². The first-order valence-corrected chi connectivity index (χ1v) is 10.4. The van der Waals surface area contributed by atoms with Crippen LogP contribution in [0.4, 0.5) is 5.82 Å². The Kier molecular flexibility index (Phi) is 3.88. The highest BCUT2D eigenvalue weighted by atomic mass is 16.5. The standard InChI is InChI=1S/C24H21N5O2/c25-22(30)20-21(28-29-23(20)26-11-10-24(29)13-31-14-24)17-7-6-16-8-9-18(27-19(16)12-17)15-4-2-1-3-5-15/h1-9,12,26H,10-11,13-14H2,(H2,25,30). The number of hydrogen-bond acceptors (Lipinski definition) is 5. The molecule has 0 atom stereocenters. The highest BCUT2D eigenvalue weighted by Gasteiger charge is 2.46. The Morgan fingerprint density at radius 1 is 1.06 bits per heavy atom. The maximum absolute atomic E-state index is 12.4. The Morgan fingerprint density at radius 2 is 1.87 bits per heavy atom. The fourth-order valence-electron chi connectivity index (χ4n) is 4.52. The number of carbonyl (C=O) groups is 1. The molecule has 7 nitrogen and oxygen atoms in total. The summed E-state index contributed by atoms with van der Waals surface area (Å²) in [6, 6.07) is 20.1. The lowest BCUT2D eigenvalue weighted by Gasteiger charge is -2.45. The van der Waals surface area contributed by atoms with Gasteiger partial charge in [-0.2, -0.15) is 5.10 Å². The molecule has 7 heteroatoms. The molecule has 1 fully saturated rings. The number of anilines is 1. The molecule has 6 rings (SSSR count). The first-order valence-electron chi connectivity index (χ1n) is 10.4. The van der Waals surface area contributed by atoms with E-state index in [1.165, 1.54) is 0 Å². The van der Waals surface area contributed by atoms with E-state index >= 15 is 0 Å². The van der Waals surface area contributed by atoms with Gasteiger partial charge in [0, 0.05) is 23.1 Å². The van der Waals surface area contributed by atoms with Crippen molar-refractivity contribution in [3.63, 3.8) is 0 Å². The van der Waals surface area contributed by atoms with Crippen LogP contribution >= 0.6 is 0 Å². The first kappa shape index (κ1) is 18.1. The third-order valence-corrected chi connectivity index (χ3v) is 6.24. The van der Waals surface area contributed by atoms with E-state index in [9.17, 15) is 4.79 Å². The average molecular weight is 411 g/mol. The van der Waals surface area contributed by atoms with E-state index in [-0.39, 0.29) is 5.54 Å². The fraction of sp³-hybridized carbons (Fsp3) is 0.208. The van der Waals surface area contributed by atoms with Crippen molar-refractivity contribution < 1.29 is 9.53 Å². The van der Waals surface area contributed by atoms with Gasteiger partial charge >= 0.3 is 0 Å². The summed E-state index contributed by atoms with van der Waals surface area (Å²) in [4.78, 5) is 17.3. The van der Waals surface area contributed by atoms with E-state index in [0.717, 1.165) is 40.7 Å². The highest BCUT2D eigenvalue weighted by Crippen LogP contribution is 2.41. The van der Waals surface area contributed by atoms with Crippen LogP contribution in [0.2, 0.25) is 0 Å². The van der Waals surface area contributed by atoms with Gasteiger partial charge in [-0.25, -0.2) is 9.67 Å². The lowest BCUT2D eigenvalue weighted by Crippen LogP contribution is -2.55. The van der Waals surface area contributed by atoms with Crippen LogP contribution < -0.4 is 11.1 Å². The number of nitrogens with zero attached hydrogens (tertiary/aromatic N) is 3. The van der Waals surface area contributed by atoms with E-state index in [0.29, 0.717) is 30.3 Å². The van der Waals surface area contributed by atoms with Gasteiger partial charge in [0.05, 0.1) is 24.4 Å². The predicted molar refractivity (Wildman–Crippen MR) is 119 cm³/mol. The van der Waals surface area contributed by atoms with Crippen molar-refractivity contribution in [1.29, 1.82) is 0 Å². The second-order valence-corrected chi connectivity index (χ2v) is 8.21. The number of nitrogens with one attached hydrogen (secondary N) is 1. The zero-order valence-corrected chi connectivity index (χ0v) is 16.8. The van der Waals surface area contributed by atoms with Crippen LogP contribution in [0, 0.1) is 0 Å². The molecule has 3 N–H and O–H groups in total. The number of benzene rings is 2. The van der Waals surface area contributed by atoms with Crippen molar-refractivity contribution in [1.82, 2.24) is 14.8 Å². The van der Waals surface area contributed by atoms with Crippen molar-refractivity contribution in [2.24, 2.45) is 5.73 Å². The average Bonchev–Trinajstić information content (AvgIpc) is 3.18. The minimum atomic E-state index is -0.493. The van der Waals surface area contributed by atoms with Crippen LogP contribution in [-0.2, 0) is 10.3 Å². The van der Waals surface area contributed by atoms with Crippen LogP contribution in [0.25, 0.3) is 33.4 Å². The summed E-state index contributed by atoms with van der Waals surface area (Å²) in [5, 5.41) is 9.20. The second kappa shape index (κ2) is 6.65. The third kappa shape index (κ3) is 2.74. The molecule has 0 saturated carbocycles. The van der Waals surface area contributed by atoms with Gasteiger partial charge in [0.2, 0.25) is 0 Å². The smallest absolute Gasteiger partial charge is 0.254 e. The number of aromatic nitrogens is 3. The SMILES string of the molecule is NC(=O)c1c(-c2ccc3ccc(-c4ccccc4)nc3c2)nn2c1NCCC21COC1. The highest BCUT2D eigenvalue weighted by molar-refractivity contribution is 6.04. The molecule has 154 valence electrons. The van der Waals surface area contributed by atoms with Crippen LogP contribution in [0.1, 0.15) is 16.8 Å². The van der Waals surface area contributed by atoms with E-state index in [1.54, 1.807) is 0 Å². The predicted octanol–water partition coefficient (Wildman–Crippen LogP) is 3.41. The number of amides is 1. The lowest BCUT2D eigenvalue weighted by molar-refractivity contribution is -0.111. The molecular formula is C24H21N5O2. The molecule has 0 unspecified atom stereocenters. The van der Waals surface area contributed by atoms with Gasteiger partial charge in [-0.15, -0.1) is 0 Å². The molecule has 4 heterocycles. The summed E-state index contributed by atoms with van der Waals surface area (Å²) in [5.74, 6) is 0.190. The quantitative estimate of drug-likeness (QED) is 0.539. The monoisotopic (exact) mass is 411 g/mol. The maximum atomic E-state index is 12.4. The molecule has 2 aromatic carbocycles. The topological polar surface area (TPSA) is 95.1 Å².